The maximum atomic E-state index is 11.9. The largest absolute Gasteiger partial charge is 0.446 e. The third-order valence-corrected chi connectivity index (χ3v) is 5.12. The van der Waals surface area contributed by atoms with Gasteiger partial charge in [0.2, 0.25) is 5.60 Å². The Morgan fingerprint density at radius 2 is 2.04 bits per heavy atom. The quantitative estimate of drug-likeness (QED) is 0.842. The van der Waals surface area contributed by atoms with Crippen LogP contribution >= 0.6 is 0 Å². The van der Waals surface area contributed by atoms with Crippen LogP contribution in [0.3, 0.4) is 0 Å². The highest BCUT2D eigenvalue weighted by Gasteiger charge is 2.47. The van der Waals surface area contributed by atoms with Crippen molar-refractivity contribution in [3.8, 4) is 0 Å². The number of ether oxygens (including phenoxy) is 2. The molecule has 1 unspecified atom stereocenters. The van der Waals surface area contributed by atoms with Crippen molar-refractivity contribution >= 4 is 11.9 Å². The topological polar surface area (TPSA) is 71.4 Å². The lowest BCUT2D eigenvalue weighted by Gasteiger charge is -2.39. The molecule has 0 aromatic heterocycles. The molecule has 0 bridgehead atoms. The van der Waals surface area contributed by atoms with Gasteiger partial charge in [-0.3, -0.25) is 4.79 Å². The molecule has 0 radical (unpaired) electrons. The third-order valence-electron chi connectivity index (χ3n) is 5.12. The Bertz CT molecular complexity index is 679. The van der Waals surface area contributed by atoms with Gasteiger partial charge in [0, 0.05) is 13.1 Å². The van der Waals surface area contributed by atoms with Crippen molar-refractivity contribution in [2.75, 3.05) is 19.7 Å². The summed E-state index contributed by atoms with van der Waals surface area (Å²) in [6.07, 6.45) is 1.66. The first-order valence-electron chi connectivity index (χ1n) is 7.97. The number of aliphatic hydroxyl groups is 1. The molecule has 122 valence electrons. The number of rotatable bonds is 1. The van der Waals surface area contributed by atoms with Gasteiger partial charge in [-0.2, -0.15) is 4.99 Å². The highest BCUT2D eigenvalue weighted by molar-refractivity contribution is 6.01. The van der Waals surface area contributed by atoms with Crippen LogP contribution in [0.5, 0.6) is 0 Å². The molecule has 3 aliphatic heterocycles. The van der Waals surface area contributed by atoms with Crippen LogP contribution in [0.2, 0.25) is 0 Å². The summed E-state index contributed by atoms with van der Waals surface area (Å²) in [4.78, 5) is 17.8. The van der Waals surface area contributed by atoms with E-state index in [4.69, 9.17) is 9.47 Å². The second kappa shape index (κ2) is 5.04. The number of fused-ring (bicyclic) bond motifs is 2. The van der Waals surface area contributed by atoms with Gasteiger partial charge in [-0.15, -0.1) is 0 Å². The number of amides is 1. The molecule has 1 spiro atoms. The van der Waals surface area contributed by atoms with E-state index < -0.39 is 11.5 Å². The first-order chi connectivity index (χ1) is 11.1. The number of carbonyl (C=O) groups is 1. The first kappa shape index (κ1) is 14.7. The van der Waals surface area contributed by atoms with E-state index in [1.807, 2.05) is 11.0 Å². The lowest BCUT2D eigenvalue weighted by Crippen LogP contribution is -2.47. The van der Waals surface area contributed by atoms with E-state index in [1.165, 1.54) is 11.1 Å². The predicted octanol–water partition coefficient (Wildman–Crippen LogP) is 1.17. The highest BCUT2D eigenvalue weighted by atomic mass is 16.6. The Hall–Kier alpha value is -1.92. The minimum Gasteiger partial charge on any atom is -0.446 e. The van der Waals surface area contributed by atoms with Crippen LogP contribution in [0.4, 0.5) is 0 Å². The lowest BCUT2D eigenvalue weighted by atomic mass is 9.84. The number of carbonyl (C=O) groups excluding carboxylic acids is 1. The van der Waals surface area contributed by atoms with E-state index in [0.29, 0.717) is 25.7 Å². The normalized spacial score (nSPS) is 28.7. The molecule has 1 atom stereocenters. The molecule has 1 aromatic carbocycles. The van der Waals surface area contributed by atoms with Crippen molar-refractivity contribution in [3.63, 3.8) is 0 Å². The molecule has 4 rings (SSSR count). The minimum absolute atomic E-state index is 0.226. The van der Waals surface area contributed by atoms with Crippen LogP contribution in [0, 0.1) is 0 Å². The molecule has 1 fully saturated rings. The van der Waals surface area contributed by atoms with Crippen molar-refractivity contribution in [1.82, 2.24) is 4.90 Å². The average molecular weight is 316 g/mol. The number of hydrogen-bond donors (Lipinski definition) is 1. The molecule has 3 heterocycles. The summed E-state index contributed by atoms with van der Waals surface area (Å²) in [5.41, 5.74) is 1.08. The Morgan fingerprint density at radius 1 is 1.30 bits per heavy atom. The molecule has 1 N–H and O–H groups in total. The molecular weight excluding hydrogens is 296 g/mol. The number of hydrogen-bond acceptors (Lipinski definition) is 5. The summed E-state index contributed by atoms with van der Waals surface area (Å²) in [6, 6.07) is 8.68. The van der Waals surface area contributed by atoms with Gasteiger partial charge < -0.3 is 19.5 Å². The molecular formula is C17H20N2O4. The zero-order valence-electron chi connectivity index (χ0n) is 13.1. The van der Waals surface area contributed by atoms with E-state index in [-0.39, 0.29) is 12.2 Å². The van der Waals surface area contributed by atoms with Gasteiger partial charge in [0.1, 0.15) is 0 Å². The number of amidine groups is 1. The van der Waals surface area contributed by atoms with Crippen molar-refractivity contribution in [1.29, 1.82) is 0 Å². The molecule has 0 aliphatic carbocycles. The summed E-state index contributed by atoms with van der Waals surface area (Å²) < 4.78 is 11.7. The van der Waals surface area contributed by atoms with Gasteiger partial charge in [0.05, 0.1) is 18.8 Å². The predicted molar refractivity (Wildman–Crippen MR) is 82.7 cm³/mol. The molecule has 6 nitrogen and oxygen atoms in total. The van der Waals surface area contributed by atoms with Gasteiger partial charge >= 0.3 is 0 Å². The van der Waals surface area contributed by atoms with Crippen LogP contribution in [-0.4, -0.2) is 47.2 Å². The van der Waals surface area contributed by atoms with E-state index in [0.717, 1.165) is 12.8 Å². The molecule has 0 saturated carbocycles. The lowest BCUT2D eigenvalue weighted by molar-refractivity contribution is -0.133. The van der Waals surface area contributed by atoms with Crippen LogP contribution in [-0.2, 0) is 26.5 Å². The second-order valence-electron chi connectivity index (χ2n) is 6.62. The second-order valence-corrected chi connectivity index (χ2v) is 6.62. The monoisotopic (exact) mass is 316 g/mol. The third kappa shape index (κ3) is 2.16. The Balaban J connectivity index is 1.49. The minimum atomic E-state index is -1.24. The Kier molecular flexibility index (Phi) is 3.21. The molecule has 23 heavy (non-hydrogen) atoms. The molecule has 1 aromatic rings. The smallest absolute Gasteiger partial charge is 0.296 e. The van der Waals surface area contributed by atoms with E-state index in [2.05, 4.69) is 23.2 Å². The van der Waals surface area contributed by atoms with Crippen LogP contribution in [0.25, 0.3) is 0 Å². The van der Waals surface area contributed by atoms with Gasteiger partial charge in [-0.1, -0.05) is 24.3 Å². The first-order valence-corrected chi connectivity index (χ1v) is 7.97. The van der Waals surface area contributed by atoms with Crippen molar-refractivity contribution in [2.24, 2.45) is 4.99 Å². The van der Waals surface area contributed by atoms with Gasteiger partial charge in [0.15, 0.2) is 0 Å². The number of aliphatic imine (C=N–C) groups is 1. The van der Waals surface area contributed by atoms with Gasteiger partial charge in [-0.05, 0) is 30.9 Å². The molecule has 3 aliphatic rings. The zero-order chi connectivity index (χ0) is 16.1. The molecule has 1 saturated heterocycles. The molecule has 1 amide bonds. The fraction of sp³-hybridized carbons (Fsp3) is 0.529. The van der Waals surface area contributed by atoms with Crippen LogP contribution in [0.1, 0.15) is 30.9 Å². The van der Waals surface area contributed by atoms with Crippen LogP contribution in [0.15, 0.2) is 29.3 Å². The summed E-state index contributed by atoms with van der Waals surface area (Å²) in [5, 5.41) is 9.33. The van der Waals surface area contributed by atoms with Crippen LogP contribution < -0.4 is 0 Å². The maximum Gasteiger partial charge on any atom is 0.296 e. The molecule has 6 heteroatoms. The number of aliphatic hydroxyl groups excluding tert-OH is 1. The Labute approximate surface area is 134 Å². The van der Waals surface area contributed by atoms with E-state index >= 15 is 0 Å². The van der Waals surface area contributed by atoms with E-state index in [9.17, 15) is 9.90 Å². The Morgan fingerprint density at radius 3 is 2.74 bits per heavy atom. The van der Waals surface area contributed by atoms with Gasteiger partial charge in [-0.25, -0.2) is 0 Å². The zero-order valence-corrected chi connectivity index (χ0v) is 13.1. The van der Waals surface area contributed by atoms with Crippen molar-refractivity contribution in [2.45, 2.75) is 37.6 Å². The SMILES string of the molecule is CC1(CO)OC(N2CCC3(CC2)OCc2ccccc23)=NC1=O. The number of likely N-dealkylation sites (tertiary alicyclic amines) is 1. The average Bonchev–Trinajstić information content (AvgIpc) is 3.08. The number of benzene rings is 1. The fourth-order valence-corrected chi connectivity index (χ4v) is 3.57. The number of piperidine rings is 1. The fourth-order valence-electron chi connectivity index (χ4n) is 3.57. The van der Waals surface area contributed by atoms with Crippen molar-refractivity contribution in [3.05, 3.63) is 35.4 Å². The highest BCUT2D eigenvalue weighted by Crippen LogP contribution is 2.44. The van der Waals surface area contributed by atoms with E-state index in [1.54, 1.807) is 6.92 Å². The number of nitrogens with zero attached hydrogens (tertiary/aromatic N) is 2. The maximum absolute atomic E-state index is 11.9. The summed E-state index contributed by atoms with van der Waals surface area (Å²) in [6.45, 7) is 3.28. The standard InChI is InChI=1S/C17H20N2O4/c1-16(11-20)14(21)18-15(23-16)19-8-6-17(7-9-19)13-5-3-2-4-12(13)10-22-17/h2-5,20H,6-11H2,1H3. The summed E-state index contributed by atoms with van der Waals surface area (Å²) in [5.74, 6) is -0.419. The summed E-state index contributed by atoms with van der Waals surface area (Å²) in [7, 11) is 0. The summed E-state index contributed by atoms with van der Waals surface area (Å²) >= 11 is 0. The van der Waals surface area contributed by atoms with Crippen molar-refractivity contribution < 1.29 is 19.4 Å². The van der Waals surface area contributed by atoms with Gasteiger partial charge in [0.25, 0.3) is 11.9 Å².